The van der Waals surface area contributed by atoms with Gasteiger partial charge in [-0.25, -0.2) is 9.59 Å². The van der Waals surface area contributed by atoms with Gasteiger partial charge in [0, 0.05) is 6.54 Å². The standard InChI is InChI=1S/C12H19NO5/c1-2-8-17-12(16)13-7-3-4-9-5-6-10(18-9)11(14)15/h2,9-10H,1,3-8H2,(H,13,16)(H,14,15). The molecule has 0 aromatic carbocycles. The fourth-order valence-corrected chi connectivity index (χ4v) is 1.81. The highest BCUT2D eigenvalue weighted by Crippen LogP contribution is 2.22. The summed E-state index contributed by atoms with van der Waals surface area (Å²) in [6, 6.07) is 0. The maximum Gasteiger partial charge on any atom is 0.407 e. The Hall–Kier alpha value is -1.56. The molecule has 2 unspecified atom stereocenters. The summed E-state index contributed by atoms with van der Waals surface area (Å²) in [7, 11) is 0. The first-order valence-corrected chi connectivity index (χ1v) is 6.03. The van der Waals surface area contributed by atoms with Crippen molar-refractivity contribution in [2.45, 2.75) is 37.9 Å². The number of rotatable bonds is 7. The normalized spacial score (nSPS) is 22.4. The highest BCUT2D eigenvalue weighted by Gasteiger charge is 2.29. The van der Waals surface area contributed by atoms with E-state index in [2.05, 4.69) is 11.9 Å². The van der Waals surface area contributed by atoms with Crippen molar-refractivity contribution in [1.82, 2.24) is 5.32 Å². The van der Waals surface area contributed by atoms with Gasteiger partial charge in [0.1, 0.15) is 6.61 Å². The SMILES string of the molecule is C=CCOC(=O)NCCCC1CCC(C(=O)O)O1. The van der Waals surface area contributed by atoms with E-state index in [-0.39, 0.29) is 12.7 Å². The summed E-state index contributed by atoms with van der Waals surface area (Å²) >= 11 is 0. The Labute approximate surface area is 106 Å². The molecule has 1 rings (SSSR count). The van der Waals surface area contributed by atoms with Crippen LogP contribution in [-0.2, 0) is 14.3 Å². The van der Waals surface area contributed by atoms with Crippen LogP contribution >= 0.6 is 0 Å². The molecule has 2 atom stereocenters. The molecule has 6 nitrogen and oxygen atoms in total. The van der Waals surface area contributed by atoms with Crippen LogP contribution in [0.4, 0.5) is 4.79 Å². The van der Waals surface area contributed by atoms with E-state index in [0.29, 0.717) is 13.0 Å². The minimum absolute atomic E-state index is 0.0166. The molecule has 6 heteroatoms. The molecule has 0 radical (unpaired) electrons. The Bertz CT molecular complexity index is 305. The second-order valence-corrected chi connectivity index (χ2v) is 4.12. The number of carboxylic acid groups (broad SMARTS) is 1. The van der Waals surface area contributed by atoms with Gasteiger partial charge in [0.2, 0.25) is 0 Å². The number of aliphatic carboxylic acids is 1. The lowest BCUT2D eigenvalue weighted by Gasteiger charge is -2.11. The van der Waals surface area contributed by atoms with Crippen LogP contribution in [0.15, 0.2) is 12.7 Å². The Kier molecular flexibility index (Phi) is 6.21. The molecule has 1 fully saturated rings. The first kappa shape index (κ1) is 14.5. The van der Waals surface area contributed by atoms with Crippen molar-refractivity contribution in [2.75, 3.05) is 13.2 Å². The van der Waals surface area contributed by atoms with E-state index in [4.69, 9.17) is 14.6 Å². The monoisotopic (exact) mass is 257 g/mol. The topological polar surface area (TPSA) is 84.9 Å². The predicted molar refractivity (Wildman–Crippen MR) is 64.3 cm³/mol. The number of hydrogen-bond acceptors (Lipinski definition) is 4. The van der Waals surface area contributed by atoms with E-state index in [0.717, 1.165) is 19.3 Å². The lowest BCUT2D eigenvalue weighted by molar-refractivity contribution is -0.149. The van der Waals surface area contributed by atoms with Crippen LogP contribution in [0.1, 0.15) is 25.7 Å². The van der Waals surface area contributed by atoms with Crippen LogP contribution in [0.25, 0.3) is 0 Å². The summed E-state index contributed by atoms with van der Waals surface area (Å²) in [5.41, 5.74) is 0. The summed E-state index contributed by atoms with van der Waals surface area (Å²) in [5, 5.41) is 11.3. The van der Waals surface area contributed by atoms with E-state index in [1.807, 2.05) is 0 Å². The molecule has 0 saturated carbocycles. The molecule has 0 aliphatic carbocycles. The molecular weight excluding hydrogens is 238 g/mol. The van der Waals surface area contributed by atoms with Gasteiger partial charge in [0.15, 0.2) is 6.10 Å². The van der Waals surface area contributed by atoms with Crippen LogP contribution in [0, 0.1) is 0 Å². The minimum Gasteiger partial charge on any atom is -0.479 e. The van der Waals surface area contributed by atoms with Gasteiger partial charge < -0.3 is 19.9 Å². The van der Waals surface area contributed by atoms with E-state index in [1.165, 1.54) is 6.08 Å². The van der Waals surface area contributed by atoms with Crippen molar-refractivity contribution in [3.8, 4) is 0 Å². The lowest BCUT2D eigenvalue weighted by Crippen LogP contribution is -2.26. The van der Waals surface area contributed by atoms with Crippen molar-refractivity contribution in [3.63, 3.8) is 0 Å². The number of carbonyl (C=O) groups excluding carboxylic acids is 1. The first-order valence-electron chi connectivity index (χ1n) is 6.03. The van der Waals surface area contributed by atoms with Gasteiger partial charge in [-0.15, -0.1) is 0 Å². The molecule has 1 aliphatic rings. The molecule has 0 aromatic heterocycles. The highest BCUT2D eigenvalue weighted by molar-refractivity contribution is 5.72. The molecule has 1 heterocycles. The Morgan fingerprint density at radius 2 is 2.28 bits per heavy atom. The summed E-state index contributed by atoms with van der Waals surface area (Å²) in [6.07, 6.45) is 3.15. The van der Waals surface area contributed by atoms with E-state index in [9.17, 15) is 9.59 Å². The fraction of sp³-hybridized carbons (Fsp3) is 0.667. The summed E-state index contributed by atoms with van der Waals surface area (Å²) in [4.78, 5) is 21.7. The lowest BCUT2D eigenvalue weighted by atomic mass is 10.1. The second-order valence-electron chi connectivity index (χ2n) is 4.12. The molecule has 0 aromatic rings. The van der Waals surface area contributed by atoms with Gasteiger partial charge in [-0.1, -0.05) is 12.7 Å². The zero-order valence-electron chi connectivity index (χ0n) is 10.3. The zero-order valence-corrected chi connectivity index (χ0v) is 10.3. The van der Waals surface area contributed by atoms with Crippen LogP contribution in [-0.4, -0.2) is 42.5 Å². The molecule has 0 spiro atoms. The molecule has 1 saturated heterocycles. The minimum atomic E-state index is -0.899. The van der Waals surface area contributed by atoms with E-state index in [1.54, 1.807) is 0 Å². The van der Waals surface area contributed by atoms with Crippen LogP contribution < -0.4 is 5.32 Å². The molecule has 102 valence electrons. The average Bonchev–Trinajstić information content (AvgIpc) is 2.81. The summed E-state index contributed by atoms with van der Waals surface area (Å²) in [5.74, 6) is -0.899. The number of ether oxygens (including phenoxy) is 2. The van der Waals surface area contributed by atoms with Gasteiger partial charge in [-0.2, -0.15) is 0 Å². The molecule has 1 amide bonds. The zero-order chi connectivity index (χ0) is 13.4. The third-order valence-corrected chi connectivity index (χ3v) is 2.69. The third-order valence-electron chi connectivity index (χ3n) is 2.69. The van der Waals surface area contributed by atoms with Gasteiger partial charge in [-0.3, -0.25) is 0 Å². The summed E-state index contributed by atoms with van der Waals surface area (Å²) < 4.78 is 10.1. The Morgan fingerprint density at radius 3 is 2.89 bits per heavy atom. The second kappa shape index (κ2) is 7.71. The Morgan fingerprint density at radius 1 is 1.50 bits per heavy atom. The number of nitrogens with one attached hydrogen (secondary N) is 1. The quantitative estimate of drug-likeness (QED) is 0.530. The van der Waals surface area contributed by atoms with Crippen molar-refractivity contribution in [1.29, 1.82) is 0 Å². The van der Waals surface area contributed by atoms with Gasteiger partial charge in [0.25, 0.3) is 0 Å². The highest BCUT2D eigenvalue weighted by atomic mass is 16.5. The van der Waals surface area contributed by atoms with Crippen molar-refractivity contribution in [3.05, 3.63) is 12.7 Å². The van der Waals surface area contributed by atoms with Gasteiger partial charge >= 0.3 is 12.1 Å². The third kappa shape index (κ3) is 5.18. The van der Waals surface area contributed by atoms with Crippen molar-refractivity contribution in [2.24, 2.45) is 0 Å². The molecule has 1 aliphatic heterocycles. The largest absolute Gasteiger partial charge is 0.479 e. The molecule has 2 N–H and O–H groups in total. The average molecular weight is 257 g/mol. The van der Waals surface area contributed by atoms with E-state index < -0.39 is 18.2 Å². The van der Waals surface area contributed by atoms with Crippen LogP contribution in [0.3, 0.4) is 0 Å². The molecule has 0 bridgehead atoms. The maximum absolute atomic E-state index is 11.0. The smallest absolute Gasteiger partial charge is 0.407 e. The Balaban J connectivity index is 2.03. The molecule has 18 heavy (non-hydrogen) atoms. The predicted octanol–water partition coefficient (Wildman–Crippen LogP) is 1.31. The van der Waals surface area contributed by atoms with Crippen LogP contribution in [0.2, 0.25) is 0 Å². The summed E-state index contributed by atoms with van der Waals surface area (Å²) in [6.45, 7) is 4.12. The number of carboxylic acids is 1. The number of carbonyl (C=O) groups is 2. The first-order chi connectivity index (χ1) is 8.63. The number of amides is 1. The number of hydrogen-bond donors (Lipinski definition) is 2. The van der Waals surface area contributed by atoms with Gasteiger partial charge in [-0.05, 0) is 25.7 Å². The molecular formula is C12H19NO5. The number of alkyl carbamates (subject to hydrolysis) is 1. The van der Waals surface area contributed by atoms with E-state index >= 15 is 0 Å². The van der Waals surface area contributed by atoms with Crippen molar-refractivity contribution < 1.29 is 24.2 Å². The maximum atomic E-state index is 11.0. The van der Waals surface area contributed by atoms with Crippen LogP contribution in [0.5, 0.6) is 0 Å². The fourth-order valence-electron chi connectivity index (χ4n) is 1.81. The van der Waals surface area contributed by atoms with Gasteiger partial charge in [0.05, 0.1) is 6.10 Å². The van der Waals surface area contributed by atoms with Crippen molar-refractivity contribution >= 4 is 12.1 Å².